The van der Waals surface area contributed by atoms with Gasteiger partial charge < -0.3 is 10.8 Å². The minimum absolute atomic E-state index is 0.00491. The van der Waals surface area contributed by atoms with E-state index < -0.39 is 0 Å². The maximum Gasteiger partial charge on any atom is 0.0624 e. The molecule has 0 aliphatic carbocycles. The van der Waals surface area contributed by atoms with E-state index in [-0.39, 0.29) is 12.6 Å². The number of aliphatic hydroxyl groups excluding tert-OH is 1. The summed E-state index contributed by atoms with van der Waals surface area (Å²) in [4.78, 5) is 0. The van der Waals surface area contributed by atoms with E-state index in [1.807, 2.05) is 12.1 Å². The van der Waals surface area contributed by atoms with Gasteiger partial charge >= 0.3 is 0 Å². The second-order valence-corrected chi connectivity index (χ2v) is 4.39. The number of rotatable bonds is 4. The number of hydrogen-bond acceptors (Lipinski definition) is 2. The van der Waals surface area contributed by atoms with Crippen molar-refractivity contribution in [2.75, 3.05) is 6.61 Å². The molecule has 0 aliphatic rings. The Morgan fingerprint density at radius 2 is 1.94 bits per heavy atom. The van der Waals surface area contributed by atoms with Gasteiger partial charge in [0.25, 0.3) is 0 Å². The van der Waals surface area contributed by atoms with Gasteiger partial charge in [-0.1, -0.05) is 49.7 Å². The third-order valence-electron chi connectivity index (χ3n) is 3.17. The van der Waals surface area contributed by atoms with Crippen molar-refractivity contribution >= 4 is 10.8 Å². The average molecular weight is 229 g/mol. The number of fused-ring (bicyclic) bond motifs is 1. The monoisotopic (exact) mass is 229 g/mol. The molecule has 0 aliphatic heterocycles. The van der Waals surface area contributed by atoms with E-state index in [9.17, 15) is 5.11 Å². The molecule has 2 aromatic rings. The number of benzene rings is 2. The molecule has 2 aromatic carbocycles. The van der Waals surface area contributed by atoms with Crippen LogP contribution in [0.3, 0.4) is 0 Å². The third-order valence-corrected chi connectivity index (χ3v) is 3.17. The molecular formula is C15H19NO. The van der Waals surface area contributed by atoms with Crippen molar-refractivity contribution in [2.24, 2.45) is 5.73 Å². The van der Waals surface area contributed by atoms with Crippen molar-refractivity contribution in [1.29, 1.82) is 0 Å². The number of aliphatic hydroxyl groups is 1. The number of hydrogen-bond donors (Lipinski definition) is 2. The van der Waals surface area contributed by atoms with Gasteiger partial charge in [-0.25, -0.2) is 0 Å². The molecule has 0 radical (unpaired) electrons. The molecule has 0 fully saturated rings. The fraction of sp³-hybridized carbons (Fsp3) is 0.333. The Hall–Kier alpha value is -1.38. The van der Waals surface area contributed by atoms with Crippen molar-refractivity contribution in [3.8, 4) is 0 Å². The molecule has 1 atom stereocenters. The fourth-order valence-corrected chi connectivity index (χ4v) is 2.33. The van der Waals surface area contributed by atoms with Crippen LogP contribution in [0.25, 0.3) is 10.8 Å². The molecule has 0 spiro atoms. The summed E-state index contributed by atoms with van der Waals surface area (Å²) in [6.45, 7) is 2.16. The van der Waals surface area contributed by atoms with Crippen molar-refractivity contribution < 1.29 is 5.11 Å². The van der Waals surface area contributed by atoms with Crippen LogP contribution in [0, 0.1) is 0 Å². The first kappa shape index (κ1) is 12.1. The molecule has 0 bridgehead atoms. The summed E-state index contributed by atoms with van der Waals surface area (Å²) in [6.07, 6.45) is 2.09. The molecule has 0 heterocycles. The molecule has 17 heavy (non-hydrogen) atoms. The van der Waals surface area contributed by atoms with Gasteiger partial charge in [-0.05, 0) is 28.3 Å². The van der Waals surface area contributed by atoms with Gasteiger partial charge in [0.05, 0.1) is 12.6 Å². The molecule has 90 valence electrons. The highest BCUT2D eigenvalue weighted by molar-refractivity contribution is 5.87. The van der Waals surface area contributed by atoms with Crippen LogP contribution in [-0.2, 0) is 6.42 Å². The van der Waals surface area contributed by atoms with Crippen molar-refractivity contribution in [2.45, 2.75) is 25.8 Å². The van der Waals surface area contributed by atoms with E-state index in [0.29, 0.717) is 0 Å². The topological polar surface area (TPSA) is 46.2 Å². The predicted octanol–water partition coefficient (Wildman–Crippen LogP) is 2.78. The summed E-state index contributed by atoms with van der Waals surface area (Å²) in [6, 6.07) is 12.2. The first-order valence-corrected chi connectivity index (χ1v) is 6.15. The summed E-state index contributed by atoms with van der Waals surface area (Å²) >= 11 is 0. The second kappa shape index (κ2) is 5.30. The molecule has 0 amide bonds. The molecule has 0 saturated heterocycles. The lowest BCUT2D eigenvalue weighted by Gasteiger charge is -2.16. The van der Waals surface area contributed by atoms with E-state index >= 15 is 0 Å². The second-order valence-electron chi connectivity index (χ2n) is 4.39. The van der Waals surface area contributed by atoms with Crippen LogP contribution >= 0.6 is 0 Å². The number of aryl methyl sites for hydroxylation is 1. The van der Waals surface area contributed by atoms with Crippen LogP contribution in [0.5, 0.6) is 0 Å². The Bertz CT molecular complexity index is 507. The Kier molecular flexibility index (Phi) is 3.77. The van der Waals surface area contributed by atoms with E-state index in [1.165, 1.54) is 16.3 Å². The molecular weight excluding hydrogens is 210 g/mol. The highest BCUT2D eigenvalue weighted by Crippen LogP contribution is 2.27. The predicted molar refractivity (Wildman–Crippen MR) is 72.0 cm³/mol. The lowest BCUT2D eigenvalue weighted by atomic mass is 9.92. The van der Waals surface area contributed by atoms with Crippen molar-refractivity contribution in [1.82, 2.24) is 0 Å². The summed E-state index contributed by atoms with van der Waals surface area (Å²) < 4.78 is 0. The number of nitrogens with two attached hydrogens (primary N) is 1. The molecule has 2 heteroatoms. The molecule has 1 unspecified atom stereocenters. The van der Waals surface area contributed by atoms with Crippen LogP contribution in [0.2, 0.25) is 0 Å². The van der Waals surface area contributed by atoms with Gasteiger partial charge in [-0.15, -0.1) is 0 Å². The Morgan fingerprint density at radius 3 is 2.65 bits per heavy atom. The van der Waals surface area contributed by atoms with E-state index in [2.05, 4.69) is 31.2 Å². The zero-order valence-electron chi connectivity index (χ0n) is 10.2. The summed E-state index contributed by atoms with van der Waals surface area (Å²) in [5, 5.41) is 11.7. The first-order valence-electron chi connectivity index (χ1n) is 6.15. The van der Waals surface area contributed by atoms with Crippen LogP contribution in [0.1, 0.15) is 30.5 Å². The van der Waals surface area contributed by atoms with Crippen LogP contribution in [-0.4, -0.2) is 11.7 Å². The Balaban J connectivity index is 2.63. The average Bonchev–Trinajstić information content (AvgIpc) is 2.38. The SMILES string of the molecule is CCCc1c(C(N)CO)ccc2ccccc12. The van der Waals surface area contributed by atoms with Crippen LogP contribution in [0.4, 0.5) is 0 Å². The van der Waals surface area contributed by atoms with Gasteiger partial charge in [-0.3, -0.25) is 0 Å². The van der Waals surface area contributed by atoms with Crippen molar-refractivity contribution in [3.63, 3.8) is 0 Å². The molecule has 0 saturated carbocycles. The maximum absolute atomic E-state index is 9.23. The minimum atomic E-state index is -0.277. The van der Waals surface area contributed by atoms with Crippen LogP contribution in [0.15, 0.2) is 36.4 Å². The highest BCUT2D eigenvalue weighted by atomic mass is 16.3. The van der Waals surface area contributed by atoms with E-state index in [4.69, 9.17) is 5.73 Å². The van der Waals surface area contributed by atoms with Crippen molar-refractivity contribution in [3.05, 3.63) is 47.5 Å². The quantitative estimate of drug-likeness (QED) is 0.846. The van der Waals surface area contributed by atoms with Gasteiger partial charge in [0.1, 0.15) is 0 Å². The minimum Gasteiger partial charge on any atom is -0.394 e. The molecule has 3 N–H and O–H groups in total. The highest BCUT2D eigenvalue weighted by Gasteiger charge is 2.12. The smallest absolute Gasteiger partial charge is 0.0624 e. The van der Waals surface area contributed by atoms with Crippen LogP contribution < -0.4 is 5.73 Å². The van der Waals surface area contributed by atoms with Gasteiger partial charge in [-0.2, -0.15) is 0 Å². The summed E-state index contributed by atoms with van der Waals surface area (Å²) in [5.74, 6) is 0. The van der Waals surface area contributed by atoms with E-state index in [1.54, 1.807) is 0 Å². The van der Waals surface area contributed by atoms with E-state index in [0.717, 1.165) is 18.4 Å². The fourth-order valence-electron chi connectivity index (χ4n) is 2.33. The normalized spacial score (nSPS) is 12.9. The standard InChI is InChI=1S/C15H19NO/c1-2-5-13-12-7-4-3-6-11(12)8-9-14(13)15(16)10-17/h3-4,6-9,15,17H,2,5,10,16H2,1H3. The maximum atomic E-state index is 9.23. The first-order chi connectivity index (χ1) is 8.27. The molecule has 0 aromatic heterocycles. The summed E-state index contributed by atoms with van der Waals surface area (Å²) in [7, 11) is 0. The zero-order chi connectivity index (χ0) is 12.3. The van der Waals surface area contributed by atoms with Gasteiger partial charge in [0.15, 0.2) is 0 Å². The lowest BCUT2D eigenvalue weighted by molar-refractivity contribution is 0.267. The third kappa shape index (κ3) is 2.33. The summed E-state index contributed by atoms with van der Waals surface area (Å²) in [5.41, 5.74) is 8.33. The zero-order valence-corrected chi connectivity index (χ0v) is 10.2. The molecule has 2 rings (SSSR count). The lowest BCUT2D eigenvalue weighted by Crippen LogP contribution is -2.16. The molecule has 2 nitrogen and oxygen atoms in total. The largest absolute Gasteiger partial charge is 0.394 e. The van der Waals surface area contributed by atoms with Gasteiger partial charge in [0.2, 0.25) is 0 Å². The Morgan fingerprint density at radius 1 is 1.18 bits per heavy atom. The van der Waals surface area contributed by atoms with Gasteiger partial charge in [0, 0.05) is 0 Å². The Labute approximate surface area is 102 Å².